The Hall–Kier alpha value is -2.06. The van der Waals surface area contributed by atoms with Crippen molar-refractivity contribution in [2.45, 2.75) is 13.5 Å². The molecule has 1 aromatic heterocycles. The highest BCUT2D eigenvalue weighted by atomic mass is 79.9. The van der Waals surface area contributed by atoms with Crippen LogP contribution < -0.4 is 10.3 Å². The van der Waals surface area contributed by atoms with Gasteiger partial charge in [0.15, 0.2) is 6.61 Å². The molecule has 0 saturated heterocycles. The largest absolute Gasteiger partial charge is 0.479 e. The van der Waals surface area contributed by atoms with Gasteiger partial charge in [0.05, 0.1) is 10.2 Å². The predicted molar refractivity (Wildman–Crippen MR) is 80.6 cm³/mol. The molecule has 0 unspecified atom stereocenters. The van der Waals surface area contributed by atoms with Gasteiger partial charge in [-0.05, 0) is 64.8 Å². The van der Waals surface area contributed by atoms with Gasteiger partial charge < -0.3 is 9.30 Å². The van der Waals surface area contributed by atoms with Crippen LogP contribution in [0, 0.1) is 11.3 Å². The third-order valence-electron chi connectivity index (χ3n) is 2.90. The van der Waals surface area contributed by atoms with Crippen LogP contribution in [0.15, 0.2) is 45.7 Å². The number of ether oxygens (including phenoxy) is 1. The van der Waals surface area contributed by atoms with Gasteiger partial charge in [-0.15, -0.1) is 0 Å². The van der Waals surface area contributed by atoms with Gasteiger partial charge in [-0.25, -0.2) is 0 Å². The first-order valence-electron chi connectivity index (χ1n) is 6.17. The lowest BCUT2D eigenvalue weighted by molar-refractivity contribution is 0.368. The molecule has 0 spiro atoms. The Kier molecular flexibility index (Phi) is 4.59. The van der Waals surface area contributed by atoms with Gasteiger partial charge in [-0.1, -0.05) is 0 Å². The fourth-order valence-corrected chi connectivity index (χ4v) is 2.30. The van der Waals surface area contributed by atoms with E-state index in [0.717, 1.165) is 11.3 Å². The highest BCUT2D eigenvalue weighted by Gasteiger charge is 2.08. The molecule has 2 aromatic rings. The fraction of sp³-hybridized carbons (Fsp3) is 0.200. The van der Waals surface area contributed by atoms with Crippen LogP contribution in [0.2, 0.25) is 0 Å². The first-order chi connectivity index (χ1) is 9.67. The zero-order chi connectivity index (χ0) is 14.5. The zero-order valence-electron chi connectivity index (χ0n) is 11.0. The molecule has 0 radical (unpaired) electrons. The summed E-state index contributed by atoms with van der Waals surface area (Å²) in [5, 5.41) is 8.47. The number of rotatable bonds is 4. The molecule has 0 saturated carbocycles. The van der Waals surface area contributed by atoms with E-state index in [4.69, 9.17) is 10.00 Å². The van der Waals surface area contributed by atoms with Crippen LogP contribution in [0.3, 0.4) is 0 Å². The van der Waals surface area contributed by atoms with E-state index in [1.54, 1.807) is 22.8 Å². The molecular weight excluding hydrogens is 320 g/mol. The summed E-state index contributed by atoms with van der Waals surface area (Å²) in [4.78, 5) is 12.1. The number of aromatic nitrogens is 1. The van der Waals surface area contributed by atoms with Gasteiger partial charge in [0, 0.05) is 6.54 Å². The first kappa shape index (κ1) is 14.4. The maximum Gasteiger partial charge on any atom is 0.265 e. The molecule has 1 aromatic carbocycles. The third-order valence-corrected chi connectivity index (χ3v) is 3.50. The Morgan fingerprint density at radius 3 is 2.55 bits per heavy atom. The van der Waals surface area contributed by atoms with Crippen molar-refractivity contribution in [3.05, 3.63) is 51.2 Å². The van der Waals surface area contributed by atoms with Crippen LogP contribution in [0.4, 0.5) is 0 Å². The molecule has 0 amide bonds. The lowest BCUT2D eigenvalue weighted by Gasteiger charge is -2.12. The van der Waals surface area contributed by atoms with E-state index in [0.29, 0.717) is 16.8 Å². The van der Waals surface area contributed by atoms with Gasteiger partial charge in [-0.3, -0.25) is 4.79 Å². The molecule has 4 nitrogen and oxygen atoms in total. The summed E-state index contributed by atoms with van der Waals surface area (Å²) in [6, 6.07) is 12.9. The minimum Gasteiger partial charge on any atom is -0.479 e. The molecule has 0 fully saturated rings. The van der Waals surface area contributed by atoms with Crippen LogP contribution in [0.5, 0.6) is 5.75 Å². The van der Waals surface area contributed by atoms with Crippen molar-refractivity contribution in [3.8, 4) is 23.1 Å². The molecular formula is C15H13BrN2O2. The molecule has 0 N–H and O–H groups in total. The van der Waals surface area contributed by atoms with Crippen molar-refractivity contribution in [2.75, 3.05) is 6.61 Å². The van der Waals surface area contributed by atoms with Crippen LogP contribution in [0.1, 0.15) is 6.92 Å². The van der Waals surface area contributed by atoms with E-state index < -0.39 is 0 Å². The smallest absolute Gasteiger partial charge is 0.265 e. The lowest BCUT2D eigenvalue weighted by atomic mass is 10.1. The second kappa shape index (κ2) is 6.40. The topological polar surface area (TPSA) is 55.0 Å². The molecule has 20 heavy (non-hydrogen) atoms. The second-order valence-electron chi connectivity index (χ2n) is 4.09. The minimum atomic E-state index is -0.0465. The Morgan fingerprint density at radius 1 is 1.25 bits per heavy atom. The molecule has 0 bridgehead atoms. The van der Waals surface area contributed by atoms with E-state index in [1.807, 2.05) is 31.2 Å². The monoisotopic (exact) mass is 332 g/mol. The van der Waals surface area contributed by atoms with Gasteiger partial charge in [-0.2, -0.15) is 5.26 Å². The molecule has 5 heteroatoms. The second-order valence-corrected chi connectivity index (χ2v) is 4.94. The summed E-state index contributed by atoms with van der Waals surface area (Å²) in [6.45, 7) is 2.55. The van der Waals surface area contributed by atoms with Crippen LogP contribution in [0.25, 0.3) is 11.3 Å². The number of halogens is 1. The number of hydrogen-bond acceptors (Lipinski definition) is 3. The minimum absolute atomic E-state index is 0.0251. The number of hydrogen-bond donors (Lipinski definition) is 0. The number of benzene rings is 1. The zero-order valence-corrected chi connectivity index (χ0v) is 12.6. The van der Waals surface area contributed by atoms with Crippen molar-refractivity contribution < 1.29 is 4.74 Å². The first-order valence-corrected chi connectivity index (χ1v) is 6.96. The van der Waals surface area contributed by atoms with E-state index in [-0.39, 0.29) is 12.2 Å². The summed E-state index contributed by atoms with van der Waals surface area (Å²) < 4.78 is 7.46. The number of nitrogens with zero attached hydrogens (tertiary/aromatic N) is 2. The maximum atomic E-state index is 12.1. The number of nitriles is 1. The third kappa shape index (κ3) is 2.91. The van der Waals surface area contributed by atoms with Crippen molar-refractivity contribution in [1.29, 1.82) is 5.26 Å². The molecule has 2 rings (SSSR count). The van der Waals surface area contributed by atoms with E-state index in [1.165, 1.54) is 0 Å². The molecule has 0 aliphatic rings. The van der Waals surface area contributed by atoms with Gasteiger partial charge >= 0.3 is 0 Å². The van der Waals surface area contributed by atoms with Crippen molar-refractivity contribution in [3.63, 3.8) is 0 Å². The molecule has 0 aliphatic carbocycles. The summed E-state index contributed by atoms with van der Waals surface area (Å²) in [7, 11) is 0. The predicted octanol–water partition coefficient (Wildman–Crippen LogP) is 3.20. The Labute approximate surface area is 125 Å². The Morgan fingerprint density at radius 2 is 1.95 bits per heavy atom. The average Bonchev–Trinajstić information content (AvgIpc) is 2.48. The van der Waals surface area contributed by atoms with Gasteiger partial charge in [0.1, 0.15) is 11.8 Å². The molecule has 0 aliphatic heterocycles. The van der Waals surface area contributed by atoms with Crippen LogP contribution >= 0.6 is 15.9 Å². The Bertz CT molecular complexity index is 699. The molecule has 1 heterocycles. The lowest BCUT2D eigenvalue weighted by Crippen LogP contribution is -2.21. The fourth-order valence-electron chi connectivity index (χ4n) is 1.96. The van der Waals surface area contributed by atoms with Crippen molar-refractivity contribution in [1.82, 2.24) is 4.57 Å². The van der Waals surface area contributed by atoms with Crippen LogP contribution in [-0.4, -0.2) is 11.2 Å². The quantitative estimate of drug-likeness (QED) is 0.863. The van der Waals surface area contributed by atoms with Crippen LogP contribution in [-0.2, 0) is 6.54 Å². The Balaban J connectivity index is 2.40. The summed E-state index contributed by atoms with van der Waals surface area (Å²) in [5.41, 5.74) is 1.74. The van der Waals surface area contributed by atoms with Gasteiger partial charge in [0.2, 0.25) is 0 Å². The molecule has 102 valence electrons. The maximum absolute atomic E-state index is 12.1. The summed E-state index contributed by atoms with van der Waals surface area (Å²) in [5.74, 6) is 0.637. The van der Waals surface area contributed by atoms with E-state index >= 15 is 0 Å². The van der Waals surface area contributed by atoms with E-state index in [2.05, 4.69) is 15.9 Å². The number of pyridine rings is 1. The van der Waals surface area contributed by atoms with Crippen molar-refractivity contribution >= 4 is 15.9 Å². The summed E-state index contributed by atoms with van der Waals surface area (Å²) >= 11 is 3.25. The highest BCUT2D eigenvalue weighted by molar-refractivity contribution is 9.10. The van der Waals surface area contributed by atoms with Gasteiger partial charge in [0.25, 0.3) is 5.56 Å². The SMILES string of the molecule is CCn1c(-c2ccc(OCC#N)cc2)ccc(Br)c1=O. The molecule has 0 atom stereocenters. The summed E-state index contributed by atoms with van der Waals surface area (Å²) in [6.07, 6.45) is 0. The average molecular weight is 333 g/mol. The highest BCUT2D eigenvalue weighted by Crippen LogP contribution is 2.22. The normalized spacial score (nSPS) is 10.1. The standard InChI is InChI=1S/C15H13BrN2O2/c1-2-18-14(8-7-13(16)15(18)19)11-3-5-12(6-4-11)20-10-9-17/h3-8H,2,10H2,1H3. The van der Waals surface area contributed by atoms with E-state index in [9.17, 15) is 4.79 Å². The van der Waals surface area contributed by atoms with Crippen molar-refractivity contribution in [2.24, 2.45) is 0 Å².